The Morgan fingerprint density at radius 3 is 2.66 bits per heavy atom. The van der Waals surface area contributed by atoms with E-state index in [0.29, 0.717) is 28.5 Å². The van der Waals surface area contributed by atoms with E-state index in [1.165, 1.54) is 26.9 Å². The first-order valence-corrected chi connectivity index (χ1v) is 10.8. The molecule has 0 saturated carbocycles. The molecule has 10 heteroatoms. The average Bonchev–Trinajstić information content (AvgIpc) is 3.45. The van der Waals surface area contributed by atoms with Crippen molar-refractivity contribution >= 4 is 23.1 Å². The number of nitrogens with zero attached hydrogens (tertiary/aromatic N) is 5. The number of aromatic nitrogens is 5. The minimum absolute atomic E-state index is 0.454. The van der Waals surface area contributed by atoms with E-state index in [2.05, 4.69) is 40.3 Å². The summed E-state index contributed by atoms with van der Waals surface area (Å²) in [5.41, 5.74) is 2.11. The summed E-state index contributed by atoms with van der Waals surface area (Å²) >= 11 is 3.08. The van der Waals surface area contributed by atoms with Gasteiger partial charge in [0.15, 0.2) is 5.82 Å². The summed E-state index contributed by atoms with van der Waals surface area (Å²) in [6, 6.07) is 9.57. The first kappa shape index (κ1) is 19.5. The number of hydrogen-bond donors (Lipinski definition) is 1. The third-order valence-electron chi connectivity index (χ3n) is 4.36. The van der Waals surface area contributed by atoms with Crippen molar-refractivity contribution in [1.82, 2.24) is 25.1 Å². The van der Waals surface area contributed by atoms with Crippen LogP contribution in [-0.2, 0) is 12.2 Å². The van der Waals surface area contributed by atoms with Gasteiger partial charge < -0.3 is 15.0 Å². The van der Waals surface area contributed by atoms with Crippen LogP contribution in [0.1, 0.15) is 23.3 Å². The molecule has 0 aliphatic rings. The van der Waals surface area contributed by atoms with E-state index in [1.807, 2.05) is 24.3 Å². The molecule has 0 aliphatic heterocycles. The smallest absolute Gasteiger partial charge is 0.257 e. The van der Waals surface area contributed by atoms with Crippen molar-refractivity contribution in [1.29, 1.82) is 0 Å². The van der Waals surface area contributed by atoms with Gasteiger partial charge in [-0.15, -0.1) is 31.7 Å². The van der Waals surface area contributed by atoms with E-state index in [1.54, 1.807) is 18.4 Å². The second-order valence-corrected chi connectivity index (χ2v) is 8.34. The zero-order valence-electron chi connectivity index (χ0n) is 16.2. The number of nitrogen functional groups attached to an aromatic ring is 1. The molecule has 4 aromatic rings. The predicted octanol–water partition coefficient (Wildman–Crippen LogP) is 3.94. The van der Waals surface area contributed by atoms with Gasteiger partial charge in [-0.2, -0.15) is 0 Å². The summed E-state index contributed by atoms with van der Waals surface area (Å²) in [7, 11) is 1.63. The van der Waals surface area contributed by atoms with Crippen LogP contribution >= 0.6 is 23.1 Å². The molecule has 29 heavy (non-hydrogen) atoms. The molecule has 0 amide bonds. The van der Waals surface area contributed by atoms with Crippen LogP contribution in [0.4, 0.5) is 0 Å². The Kier molecular flexibility index (Phi) is 5.54. The summed E-state index contributed by atoms with van der Waals surface area (Å²) in [6.45, 7) is 4.24. The Balaban J connectivity index is 1.45. The summed E-state index contributed by atoms with van der Waals surface area (Å²) in [4.78, 5) is 2.32. The number of aryl methyl sites for hydroxylation is 2. The molecule has 150 valence electrons. The molecule has 0 spiro atoms. The lowest BCUT2D eigenvalue weighted by atomic mass is 10.2. The summed E-state index contributed by atoms with van der Waals surface area (Å²) < 4.78 is 12.4. The summed E-state index contributed by atoms with van der Waals surface area (Å²) in [6.07, 6.45) is 0.996. The van der Waals surface area contributed by atoms with E-state index in [4.69, 9.17) is 15.0 Å². The van der Waals surface area contributed by atoms with E-state index in [9.17, 15) is 0 Å². The maximum absolute atomic E-state index is 6.18. The number of nitrogens with two attached hydrogens (primary N) is 1. The van der Waals surface area contributed by atoms with Gasteiger partial charge in [-0.25, -0.2) is 4.68 Å². The molecule has 3 aromatic heterocycles. The number of thioether (sulfide) groups is 1. The standard InChI is InChI=1S/C19H20N6O2S2/c1-4-14-11(2)9-15(29-14)18-23-21-16(27-18)10-28-19-24-22-17(25(19)20)12-5-7-13(26-3)8-6-12/h5-9H,4,10,20H2,1-3H3. The first-order valence-electron chi connectivity index (χ1n) is 8.98. The molecule has 3 heterocycles. The predicted molar refractivity (Wildman–Crippen MR) is 113 cm³/mol. The normalized spacial score (nSPS) is 11.1. The van der Waals surface area contributed by atoms with Crippen molar-refractivity contribution in [2.45, 2.75) is 31.2 Å². The molecule has 0 radical (unpaired) electrons. The third kappa shape index (κ3) is 3.99. The molecule has 1 aromatic carbocycles. The highest BCUT2D eigenvalue weighted by molar-refractivity contribution is 7.98. The highest BCUT2D eigenvalue weighted by Gasteiger charge is 2.16. The lowest BCUT2D eigenvalue weighted by molar-refractivity contribution is 0.415. The van der Waals surface area contributed by atoms with E-state index in [0.717, 1.165) is 22.6 Å². The maximum atomic E-state index is 6.18. The Morgan fingerprint density at radius 1 is 1.17 bits per heavy atom. The van der Waals surface area contributed by atoms with Crippen molar-refractivity contribution < 1.29 is 9.15 Å². The lowest BCUT2D eigenvalue weighted by Crippen LogP contribution is -2.11. The first-order chi connectivity index (χ1) is 14.1. The molecule has 0 unspecified atom stereocenters. The van der Waals surface area contributed by atoms with Gasteiger partial charge in [0.05, 0.1) is 17.7 Å². The second kappa shape index (κ2) is 8.26. The molecule has 0 saturated heterocycles. The Labute approximate surface area is 176 Å². The topological polar surface area (TPSA) is 105 Å². The van der Waals surface area contributed by atoms with Gasteiger partial charge in [-0.1, -0.05) is 18.7 Å². The molecule has 0 atom stereocenters. The highest BCUT2D eigenvalue weighted by atomic mass is 32.2. The van der Waals surface area contributed by atoms with E-state index >= 15 is 0 Å². The lowest BCUT2D eigenvalue weighted by Gasteiger charge is -2.04. The maximum Gasteiger partial charge on any atom is 0.257 e. The molecular formula is C19H20N6O2S2. The van der Waals surface area contributed by atoms with Crippen LogP contribution in [0.15, 0.2) is 39.9 Å². The number of ether oxygens (including phenoxy) is 1. The van der Waals surface area contributed by atoms with Crippen molar-refractivity contribution in [2.24, 2.45) is 0 Å². The van der Waals surface area contributed by atoms with Gasteiger partial charge in [0.2, 0.25) is 11.0 Å². The Hall–Kier alpha value is -2.85. The quantitative estimate of drug-likeness (QED) is 0.349. The van der Waals surface area contributed by atoms with Gasteiger partial charge >= 0.3 is 0 Å². The van der Waals surface area contributed by atoms with Gasteiger partial charge in [-0.3, -0.25) is 0 Å². The fourth-order valence-electron chi connectivity index (χ4n) is 2.83. The van der Waals surface area contributed by atoms with Crippen LogP contribution < -0.4 is 10.6 Å². The largest absolute Gasteiger partial charge is 0.497 e. The zero-order chi connectivity index (χ0) is 20.4. The minimum atomic E-state index is 0.454. The molecule has 0 aliphatic carbocycles. The average molecular weight is 429 g/mol. The van der Waals surface area contributed by atoms with Gasteiger partial charge in [0.25, 0.3) is 5.89 Å². The van der Waals surface area contributed by atoms with Gasteiger partial charge in [-0.05, 0) is 49.2 Å². The second-order valence-electron chi connectivity index (χ2n) is 6.26. The third-order valence-corrected chi connectivity index (χ3v) is 6.65. The highest BCUT2D eigenvalue weighted by Crippen LogP contribution is 2.32. The van der Waals surface area contributed by atoms with Crippen molar-refractivity contribution in [2.75, 3.05) is 13.0 Å². The van der Waals surface area contributed by atoms with Crippen LogP contribution in [0.3, 0.4) is 0 Å². The molecular weight excluding hydrogens is 408 g/mol. The monoisotopic (exact) mass is 428 g/mol. The van der Waals surface area contributed by atoms with Gasteiger partial charge in [0, 0.05) is 10.4 Å². The molecule has 0 fully saturated rings. The van der Waals surface area contributed by atoms with Crippen molar-refractivity contribution in [3.8, 4) is 27.9 Å². The summed E-state index contributed by atoms with van der Waals surface area (Å²) in [5, 5.41) is 17.2. The SMILES string of the molecule is CCc1sc(-c2nnc(CSc3nnc(-c4ccc(OC)cc4)n3N)o2)cc1C. The van der Waals surface area contributed by atoms with Crippen LogP contribution in [-0.4, -0.2) is 32.2 Å². The molecule has 0 bridgehead atoms. The van der Waals surface area contributed by atoms with Crippen LogP contribution in [0.25, 0.3) is 22.2 Å². The minimum Gasteiger partial charge on any atom is -0.497 e. The van der Waals surface area contributed by atoms with Crippen LogP contribution in [0, 0.1) is 6.92 Å². The number of rotatable bonds is 7. The Bertz CT molecular complexity index is 1120. The van der Waals surface area contributed by atoms with Gasteiger partial charge in [0.1, 0.15) is 5.75 Å². The van der Waals surface area contributed by atoms with Crippen molar-refractivity contribution in [3.05, 3.63) is 46.7 Å². The molecule has 4 rings (SSSR count). The molecule has 2 N–H and O–H groups in total. The van der Waals surface area contributed by atoms with E-state index < -0.39 is 0 Å². The van der Waals surface area contributed by atoms with Crippen molar-refractivity contribution in [3.63, 3.8) is 0 Å². The van der Waals surface area contributed by atoms with Crippen LogP contribution in [0.5, 0.6) is 5.75 Å². The number of hydrogen-bond acceptors (Lipinski definition) is 9. The molecule has 8 nitrogen and oxygen atoms in total. The number of methoxy groups -OCH3 is 1. The number of thiophene rings is 1. The zero-order valence-corrected chi connectivity index (χ0v) is 17.9. The Morgan fingerprint density at radius 2 is 1.97 bits per heavy atom. The van der Waals surface area contributed by atoms with E-state index in [-0.39, 0.29) is 0 Å². The number of benzene rings is 1. The summed E-state index contributed by atoms with van der Waals surface area (Å²) in [5.74, 6) is 9.03. The van der Waals surface area contributed by atoms with Crippen LogP contribution in [0.2, 0.25) is 0 Å². The fraction of sp³-hybridized carbons (Fsp3) is 0.263. The fourth-order valence-corrected chi connectivity index (χ4v) is 4.55.